The standard InChI is InChI=1S/C21H29N3O3/c1-21(2,3)20(27)23-17-6-4-15(5-7-17)19(26)24-12-10-14(11-13-24)18(25)22-16-8-9-16/h4-7,14,16H,8-13H2,1-3H3,(H,22,25)(H,23,27). The maximum absolute atomic E-state index is 12.7. The minimum absolute atomic E-state index is 0.0182. The maximum atomic E-state index is 12.7. The number of benzene rings is 1. The fraction of sp³-hybridized carbons (Fsp3) is 0.571. The van der Waals surface area contributed by atoms with Crippen molar-refractivity contribution in [2.45, 2.75) is 52.5 Å². The van der Waals surface area contributed by atoms with Gasteiger partial charge in [-0.05, 0) is 49.9 Å². The summed E-state index contributed by atoms with van der Waals surface area (Å²) in [6, 6.07) is 7.38. The minimum atomic E-state index is -0.468. The van der Waals surface area contributed by atoms with Gasteiger partial charge in [-0.2, -0.15) is 0 Å². The first-order chi connectivity index (χ1) is 12.7. The molecule has 1 aliphatic carbocycles. The molecule has 0 aromatic heterocycles. The molecular formula is C21H29N3O3. The molecule has 0 atom stereocenters. The largest absolute Gasteiger partial charge is 0.353 e. The van der Waals surface area contributed by atoms with E-state index in [0.717, 1.165) is 12.8 Å². The zero-order valence-corrected chi connectivity index (χ0v) is 16.4. The molecule has 2 N–H and O–H groups in total. The summed E-state index contributed by atoms with van der Waals surface area (Å²) in [5.74, 6) is 0.0750. The Hall–Kier alpha value is -2.37. The Morgan fingerprint density at radius 3 is 2.07 bits per heavy atom. The number of amides is 3. The minimum Gasteiger partial charge on any atom is -0.353 e. The third-order valence-electron chi connectivity index (χ3n) is 5.15. The molecule has 1 aromatic carbocycles. The van der Waals surface area contributed by atoms with Gasteiger partial charge in [0.2, 0.25) is 11.8 Å². The number of hydrogen-bond donors (Lipinski definition) is 2. The van der Waals surface area contributed by atoms with Crippen molar-refractivity contribution in [2.24, 2.45) is 11.3 Å². The molecule has 6 heteroatoms. The van der Waals surface area contributed by atoms with Crippen molar-refractivity contribution in [1.29, 1.82) is 0 Å². The Balaban J connectivity index is 1.52. The van der Waals surface area contributed by atoms with Crippen LogP contribution in [0.1, 0.15) is 56.8 Å². The summed E-state index contributed by atoms with van der Waals surface area (Å²) < 4.78 is 0. The van der Waals surface area contributed by atoms with Crippen LogP contribution >= 0.6 is 0 Å². The second kappa shape index (κ2) is 7.71. The van der Waals surface area contributed by atoms with E-state index in [0.29, 0.717) is 43.2 Å². The molecule has 3 rings (SSSR count). The van der Waals surface area contributed by atoms with Crippen molar-refractivity contribution in [3.63, 3.8) is 0 Å². The molecule has 27 heavy (non-hydrogen) atoms. The Morgan fingerprint density at radius 1 is 0.963 bits per heavy atom. The van der Waals surface area contributed by atoms with Crippen LogP contribution in [0.25, 0.3) is 0 Å². The molecule has 0 radical (unpaired) electrons. The smallest absolute Gasteiger partial charge is 0.253 e. The van der Waals surface area contributed by atoms with Gasteiger partial charge in [0.05, 0.1) is 0 Å². The van der Waals surface area contributed by atoms with Crippen LogP contribution in [0.4, 0.5) is 5.69 Å². The second-order valence-electron chi connectivity index (χ2n) is 8.63. The van der Waals surface area contributed by atoms with Crippen molar-refractivity contribution in [3.8, 4) is 0 Å². The van der Waals surface area contributed by atoms with Gasteiger partial charge in [0.25, 0.3) is 5.91 Å². The van der Waals surface area contributed by atoms with E-state index in [1.165, 1.54) is 0 Å². The number of carbonyl (C=O) groups is 3. The second-order valence-corrected chi connectivity index (χ2v) is 8.63. The average molecular weight is 371 g/mol. The zero-order chi connectivity index (χ0) is 19.6. The Kier molecular flexibility index (Phi) is 5.53. The number of anilines is 1. The lowest BCUT2D eigenvalue weighted by Crippen LogP contribution is -2.43. The summed E-state index contributed by atoms with van der Waals surface area (Å²) in [5, 5.41) is 5.91. The molecule has 2 aliphatic rings. The summed E-state index contributed by atoms with van der Waals surface area (Å²) in [4.78, 5) is 38.7. The Bertz CT molecular complexity index is 709. The van der Waals surface area contributed by atoms with Crippen LogP contribution in [0.3, 0.4) is 0 Å². The fourth-order valence-corrected chi connectivity index (χ4v) is 3.09. The first kappa shape index (κ1) is 19.4. The van der Waals surface area contributed by atoms with Gasteiger partial charge in [0, 0.05) is 41.7 Å². The van der Waals surface area contributed by atoms with E-state index in [9.17, 15) is 14.4 Å². The van der Waals surface area contributed by atoms with Crippen LogP contribution in [0.2, 0.25) is 0 Å². The quantitative estimate of drug-likeness (QED) is 0.854. The van der Waals surface area contributed by atoms with Crippen LogP contribution < -0.4 is 10.6 Å². The monoisotopic (exact) mass is 371 g/mol. The van der Waals surface area contributed by atoms with Crippen LogP contribution in [0.5, 0.6) is 0 Å². The van der Waals surface area contributed by atoms with E-state index < -0.39 is 5.41 Å². The highest BCUT2D eigenvalue weighted by atomic mass is 16.2. The summed E-state index contributed by atoms with van der Waals surface area (Å²) in [6.45, 7) is 6.77. The third-order valence-corrected chi connectivity index (χ3v) is 5.15. The molecule has 1 aliphatic heterocycles. The molecule has 0 unspecified atom stereocenters. The van der Waals surface area contributed by atoms with Gasteiger partial charge in [0.1, 0.15) is 0 Å². The van der Waals surface area contributed by atoms with Gasteiger partial charge < -0.3 is 15.5 Å². The van der Waals surface area contributed by atoms with Crippen molar-refractivity contribution >= 4 is 23.4 Å². The van der Waals surface area contributed by atoms with Gasteiger partial charge in [-0.15, -0.1) is 0 Å². The fourth-order valence-electron chi connectivity index (χ4n) is 3.09. The highest BCUT2D eigenvalue weighted by Gasteiger charge is 2.31. The molecule has 1 saturated carbocycles. The van der Waals surface area contributed by atoms with Crippen LogP contribution in [0.15, 0.2) is 24.3 Å². The van der Waals surface area contributed by atoms with E-state index in [1.54, 1.807) is 24.3 Å². The van der Waals surface area contributed by atoms with Gasteiger partial charge in [0.15, 0.2) is 0 Å². The van der Waals surface area contributed by atoms with E-state index >= 15 is 0 Å². The summed E-state index contributed by atoms with van der Waals surface area (Å²) in [6.07, 6.45) is 3.61. The number of hydrogen-bond acceptors (Lipinski definition) is 3. The predicted molar refractivity (Wildman–Crippen MR) is 104 cm³/mol. The zero-order valence-electron chi connectivity index (χ0n) is 16.4. The molecule has 1 saturated heterocycles. The first-order valence-electron chi connectivity index (χ1n) is 9.75. The Labute approximate surface area is 160 Å². The van der Waals surface area contributed by atoms with E-state index in [1.807, 2.05) is 25.7 Å². The van der Waals surface area contributed by atoms with Crippen molar-refractivity contribution < 1.29 is 14.4 Å². The van der Waals surface area contributed by atoms with Crippen molar-refractivity contribution in [3.05, 3.63) is 29.8 Å². The first-order valence-corrected chi connectivity index (χ1v) is 9.75. The Morgan fingerprint density at radius 2 is 1.56 bits per heavy atom. The number of rotatable bonds is 4. The van der Waals surface area contributed by atoms with Gasteiger partial charge >= 0.3 is 0 Å². The topological polar surface area (TPSA) is 78.5 Å². The van der Waals surface area contributed by atoms with Gasteiger partial charge in [-0.3, -0.25) is 14.4 Å². The molecular weight excluding hydrogens is 342 g/mol. The normalized spacial score (nSPS) is 18.1. The predicted octanol–water partition coefficient (Wildman–Crippen LogP) is 2.80. The van der Waals surface area contributed by atoms with Crippen molar-refractivity contribution in [1.82, 2.24) is 10.2 Å². The molecule has 6 nitrogen and oxygen atoms in total. The lowest BCUT2D eigenvalue weighted by Gasteiger charge is -2.31. The summed E-state index contributed by atoms with van der Waals surface area (Å²) in [7, 11) is 0. The highest BCUT2D eigenvalue weighted by Crippen LogP contribution is 2.24. The number of carbonyl (C=O) groups excluding carboxylic acids is 3. The number of likely N-dealkylation sites (tertiary alicyclic amines) is 1. The third kappa shape index (κ3) is 5.08. The summed E-state index contributed by atoms with van der Waals surface area (Å²) >= 11 is 0. The molecule has 1 heterocycles. The molecule has 0 bridgehead atoms. The molecule has 146 valence electrons. The van der Waals surface area contributed by atoms with E-state index in [4.69, 9.17) is 0 Å². The molecule has 2 fully saturated rings. The number of nitrogens with one attached hydrogen (secondary N) is 2. The van der Waals surface area contributed by atoms with Crippen LogP contribution in [-0.2, 0) is 9.59 Å². The molecule has 0 spiro atoms. The maximum Gasteiger partial charge on any atom is 0.253 e. The van der Waals surface area contributed by atoms with Crippen molar-refractivity contribution in [2.75, 3.05) is 18.4 Å². The van der Waals surface area contributed by atoms with Crippen LogP contribution in [0, 0.1) is 11.3 Å². The lowest BCUT2D eigenvalue weighted by molar-refractivity contribution is -0.126. The SMILES string of the molecule is CC(C)(C)C(=O)Nc1ccc(C(=O)N2CCC(C(=O)NC3CC3)CC2)cc1. The lowest BCUT2D eigenvalue weighted by atomic mass is 9.95. The van der Waals surface area contributed by atoms with Crippen LogP contribution in [-0.4, -0.2) is 41.8 Å². The average Bonchev–Trinajstić information content (AvgIpc) is 3.45. The number of nitrogens with zero attached hydrogens (tertiary/aromatic N) is 1. The summed E-state index contributed by atoms with van der Waals surface area (Å²) in [5.41, 5.74) is 0.816. The highest BCUT2D eigenvalue weighted by molar-refractivity contribution is 5.97. The van der Waals surface area contributed by atoms with E-state index in [-0.39, 0.29) is 23.6 Å². The molecule has 3 amide bonds. The van der Waals surface area contributed by atoms with Gasteiger partial charge in [-0.1, -0.05) is 20.8 Å². The number of piperidine rings is 1. The van der Waals surface area contributed by atoms with E-state index in [2.05, 4.69) is 10.6 Å². The van der Waals surface area contributed by atoms with Gasteiger partial charge in [-0.25, -0.2) is 0 Å². The molecule has 1 aromatic rings.